The lowest BCUT2D eigenvalue weighted by molar-refractivity contribution is 0.421. The lowest BCUT2D eigenvalue weighted by atomic mass is 10.1. The third-order valence-electron chi connectivity index (χ3n) is 4.81. The van der Waals surface area contributed by atoms with Crippen LogP contribution in [-0.2, 0) is 13.6 Å². The van der Waals surface area contributed by atoms with Crippen molar-refractivity contribution in [3.63, 3.8) is 0 Å². The summed E-state index contributed by atoms with van der Waals surface area (Å²) in [6, 6.07) is 8.79. The van der Waals surface area contributed by atoms with Gasteiger partial charge in [0.05, 0.1) is 15.9 Å². The van der Waals surface area contributed by atoms with Crippen molar-refractivity contribution in [3.05, 3.63) is 40.7 Å². The number of aryl methyl sites for hydroxylation is 2. The molecule has 7 heteroatoms. The molecule has 0 spiro atoms. The molecule has 0 aliphatic carbocycles. The van der Waals surface area contributed by atoms with Crippen LogP contribution in [-0.4, -0.2) is 33.9 Å². The fourth-order valence-electron chi connectivity index (χ4n) is 3.43. The van der Waals surface area contributed by atoms with Gasteiger partial charge in [-0.2, -0.15) is 5.10 Å². The lowest BCUT2D eigenvalue weighted by Crippen LogP contribution is -2.45. The van der Waals surface area contributed by atoms with E-state index in [4.69, 9.17) is 16.6 Å². The normalized spacial score (nSPS) is 18.2. The highest BCUT2D eigenvalue weighted by Gasteiger charge is 2.23. The lowest BCUT2D eigenvalue weighted by Gasteiger charge is -2.33. The number of halogens is 1. The Bertz CT molecular complexity index is 854. The molecule has 1 N–H and O–H groups in total. The van der Waals surface area contributed by atoms with E-state index in [1.54, 1.807) is 16.0 Å². The molecule has 25 heavy (non-hydrogen) atoms. The quantitative estimate of drug-likeness (QED) is 0.754. The van der Waals surface area contributed by atoms with Gasteiger partial charge in [0, 0.05) is 38.3 Å². The first-order valence-corrected chi connectivity index (χ1v) is 9.83. The Morgan fingerprint density at radius 1 is 1.36 bits per heavy atom. The molecule has 3 aromatic rings. The second-order valence-electron chi connectivity index (χ2n) is 6.61. The summed E-state index contributed by atoms with van der Waals surface area (Å²) in [6.45, 7) is 4.83. The van der Waals surface area contributed by atoms with Crippen LogP contribution in [0.3, 0.4) is 0 Å². The summed E-state index contributed by atoms with van der Waals surface area (Å²) < 4.78 is 2.99. The van der Waals surface area contributed by atoms with Gasteiger partial charge in [-0.25, -0.2) is 4.98 Å². The van der Waals surface area contributed by atoms with Crippen molar-refractivity contribution in [2.24, 2.45) is 7.05 Å². The Morgan fingerprint density at radius 2 is 2.20 bits per heavy atom. The van der Waals surface area contributed by atoms with E-state index in [2.05, 4.69) is 33.5 Å². The summed E-state index contributed by atoms with van der Waals surface area (Å²) in [5, 5.41) is 9.90. The Balaban J connectivity index is 1.44. The standard InChI is InChI=1S/C18H22ClN5S/c1-12-14(17(19)23(2)22-12)10-20-13-6-5-9-24(11-13)18-21-15-7-3-4-8-16(15)25-18/h3-4,7-8,13,20H,5-6,9-11H2,1-2H3. The van der Waals surface area contributed by atoms with Crippen LogP contribution in [0, 0.1) is 6.92 Å². The number of thiazole rings is 1. The van der Waals surface area contributed by atoms with E-state index in [0.29, 0.717) is 6.04 Å². The van der Waals surface area contributed by atoms with E-state index in [1.165, 1.54) is 17.5 Å². The van der Waals surface area contributed by atoms with Crippen LogP contribution < -0.4 is 10.2 Å². The summed E-state index contributed by atoms with van der Waals surface area (Å²) in [7, 11) is 1.88. The van der Waals surface area contributed by atoms with Crippen molar-refractivity contribution >= 4 is 38.3 Å². The summed E-state index contributed by atoms with van der Waals surface area (Å²) in [6.07, 6.45) is 2.35. The molecule has 5 nitrogen and oxygen atoms in total. The third kappa shape index (κ3) is 3.38. The van der Waals surface area contributed by atoms with E-state index in [9.17, 15) is 0 Å². The predicted molar refractivity (Wildman–Crippen MR) is 105 cm³/mol. The molecule has 1 atom stereocenters. The molecule has 132 valence electrons. The van der Waals surface area contributed by atoms with Gasteiger partial charge < -0.3 is 10.2 Å². The van der Waals surface area contributed by atoms with Gasteiger partial charge in [-0.3, -0.25) is 4.68 Å². The number of fused-ring (bicyclic) bond motifs is 1. The maximum Gasteiger partial charge on any atom is 0.186 e. The number of benzene rings is 1. The van der Waals surface area contributed by atoms with Crippen molar-refractivity contribution in [1.82, 2.24) is 20.1 Å². The van der Waals surface area contributed by atoms with E-state index in [0.717, 1.165) is 46.7 Å². The summed E-state index contributed by atoms with van der Waals surface area (Å²) in [5.74, 6) is 0. The number of aromatic nitrogens is 3. The topological polar surface area (TPSA) is 46.0 Å². The third-order valence-corrected chi connectivity index (χ3v) is 6.38. The molecule has 0 bridgehead atoms. The van der Waals surface area contributed by atoms with Crippen LogP contribution in [0.15, 0.2) is 24.3 Å². The van der Waals surface area contributed by atoms with Crippen LogP contribution in [0.4, 0.5) is 5.13 Å². The first kappa shape index (κ1) is 16.8. The molecule has 1 aliphatic rings. The molecule has 3 heterocycles. The number of nitrogens with one attached hydrogen (secondary N) is 1. The number of nitrogens with zero attached hydrogens (tertiary/aromatic N) is 4. The Labute approximate surface area is 156 Å². The molecular formula is C18H22ClN5S. The largest absolute Gasteiger partial charge is 0.347 e. The number of hydrogen-bond acceptors (Lipinski definition) is 5. The van der Waals surface area contributed by atoms with Crippen molar-refractivity contribution in [3.8, 4) is 0 Å². The number of hydrogen-bond donors (Lipinski definition) is 1. The number of anilines is 1. The van der Waals surface area contributed by atoms with Gasteiger partial charge in [0.15, 0.2) is 5.13 Å². The van der Waals surface area contributed by atoms with Gasteiger partial charge in [-0.15, -0.1) is 0 Å². The van der Waals surface area contributed by atoms with Gasteiger partial charge >= 0.3 is 0 Å². The van der Waals surface area contributed by atoms with Crippen LogP contribution in [0.25, 0.3) is 10.2 Å². The fourth-order valence-corrected chi connectivity index (χ4v) is 4.68. The minimum absolute atomic E-state index is 0.441. The zero-order chi connectivity index (χ0) is 17.4. The first-order valence-electron chi connectivity index (χ1n) is 8.63. The van der Waals surface area contributed by atoms with Crippen LogP contribution in [0.2, 0.25) is 5.15 Å². The molecular weight excluding hydrogens is 354 g/mol. The number of piperidine rings is 1. The van der Waals surface area contributed by atoms with E-state index in [-0.39, 0.29) is 0 Å². The number of rotatable bonds is 4. The minimum atomic E-state index is 0.441. The van der Waals surface area contributed by atoms with Crippen molar-refractivity contribution in [2.45, 2.75) is 32.4 Å². The zero-order valence-electron chi connectivity index (χ0n) is 14.5. The van der Waals surface area contributed by atoms with Crippen molar-refractivity contribution < 1.29 is 0 Å². The molecule has 0 amide bonds. The average Bonchev–Trinajstić information content (AvgIpc) is 3.15. The van der Waals surface area contributed by atoms with Crippen LogP contribution in [0.5, 0.6) is 0 Å². The highest BCUT2D eigenvalue weighted by molar-refractivity contribution is 7.22. The summed E-state index contributed by atoms with van der Waals surface area (Å²) >= 11 is 8.12. The molecule has 2 aromatic heterocycles. The monoisotopic (exact) mass is 375 g/mol. The van der Waals surface area contributed by atoms with E-state index in [1.807, 2.05) is 20.0 Å². The predicted octanol–water partition coefficient (Wildman–Crippen LogP) is 3.75. The molecule has 1 fully saturated rings. The van der Waals surface area contributed by atoms with Gasteiger partial charge in [0.25, 0.3) is 0 Å². The van der Waals surface area contributed by atoms with Crippen molar-refractivity contribution in [1.29, 1.82) is 0 Å². The highest BCUT2D eigenvalue weighted by Crippen LogP contribution is 2.30. The van der Waals surface area contributed by atoms with Crippen LogP contribution in [0.1, 0.15) is 24.1 Å². The maximum absolute atomic E-state index is 6.34. The highest BCUT2D eigenvalue weighted by atomic mass is 35.5. The Hall–Kier alpha value is -1.63. The molecule has 1 aliphatic heterocycles. The van der Waals surface area contributed by atoms with Gasteiger partial charge in [0.1, 0.15) is 5.15 Å². The fraction of sp³-hybridized carbons (Fsp3) is 0.444. The smallest absolute Gasteiger partial charge is 0.186 e. The van der Waals surface area contributed by atoms with Gasteiger partial charge in [-0.1, -0.05) is 35.1 Å². The minimum Gasteiger partial charge on any atom is -0.347 e. The van der Waals surface area contributed by atoms with E-state index < -0.39 is 0 Å². The number of para-hydroxylation sites is 1. The van der Waals surface area contributed by atoms with Gasteiger partial charge in [0.2, 0.25) is 0 Å². The molecule has 4 rings (SSSR count). The SMILES string of the molecule is Cc1nn(C)c(Cl)c1CNC1CCCN(c2nc3ccccc3s2)C1. The molecule has 1 aromatic carbocycles. The van der Waals surface area contributed by atoms with E-state index >= 15 is 0 Å². The first-order chi connectivity index (χ1) is 12.1. The maximum atomic E-state index is 6.34. The molecule has 0 saturated carbocycles. The second-order valence-corrected chi connectivity index (χ2v) is 7.98. The summed E-state index contributed by atoms with van der Waals surface area (Å²) in [4.78, 5) is 7.21. The summed E-state index contributed by atoms with van der Waals surface area (Å²) in [5.41, 5.74) is 3.19. The second kappa shape index (κ2) is 6.94. The zero-order valence-corrected chi connectivity index (χ0v) is 16.1. The molecule has 0 radical (unpaired) electrons. The van der Waals surface area contributed by atoms with Gasteiger partial charge in [-0.05, 0) is 31.9 Å². The Morgan fingerprint density at radius 3 is 2.96 bits per heavy atom. The Kier molecular flexibility index (Phi) is 4.67. The van der Waals surface area contributed by atoms with Crippen molar-refractivity contribution in [2.75, 3.05) is 18.0 Å². The average molecular weight is 376 g/mol. The van der Waals surface area contributed by atoms with Crippen LogP contribution >= 0.6 is 22.9 Å². The molecule has 1 saturated heterocycles. The molecule has 1 unspecified atom stereocenters.